The Hall–Kier alpha value is -0.570. The average molecular weight is 198 g/mol. The predicted octanol–water partition coefficient (Wildman–Crippen LogP) is 1.42. The van der Waals surface area contributed by atoms with Gasteiger partial charge in [-0.2, -0.15) is 0 Å². The molecule has 0 atom stereocenters. The summed E-state index contributed by atoms with van der Waals surface area (Å²) in [4.78, 5) is 11.3. The minimum atomic E-state index is 0.207. The monoisotopic (exact) mass is 198 g/mol. The van der Waals surface area contributed by atoms with Crippen molar-refractivity contribution in [1.82, 2.24) is 5.32 Å². The van der Waals surface area contributed by atoms with Crippen LogP contribution in [0.2, 0.25) is 0 Å². The second-order valence-corrected chi connectivity index (χ2v) is 4.36. The molecule has 1 aliphatic rings. The van der Waals surface area contributed by atoms with Crippen LogP contribution in [-0.4, -0.2) is 18.5 Å². The fraction of sp³-hybridized carbons (Fsp3) is 0.909. The largest absolute Gasteiger partial charge is 0.356 e. The van der Waals surface area contributed by atoms with Gasteiger partial charge < -0.3 is 11.1 Å². The van der Waals surface area contributed by atoms with Gasteiger partial charge in [0.1, 0.15) is 0 Å². The summed E-state index contributed by atoms with van der Waals surface area (Å²) in [6.07, 6.45) is 6.19. The van der Waals surface area contributed by atoms with Crippen LogP contribution in [0.5, 0.6) is 0 Å². The minimum absolute atomic E-state index is 0.207. The van der Waals surface area contributed by atoms with Crippen LogP contribution in [0, 0.1) is 5.92 Å². The van der Waals surface area contributed by atoms with Crippen LogP contribution in [0.1, 0.15) is 45.4 Å². The van der Waals surface area contributed by atoms with Crippen molar-refractivity contribution in [2.75, 3.05) is 6.54 Å². The molecule has 3 nitrogen and oxygen atoms in total. The molecule has 0 bridgehead atoms. The van der Waals surface area contributed by atoms with E-state index >= 15 is 0 Å². The molecule has 0 spiro atoms. The van der Waals surface area contributed by atoms with Gasteiger partial charge in [0, 0.05) is 19.0 Å². The third-order valence-corrected chi connectivity index (χ3v) is 2.87. The van der Waals surface area contributed by atoms with Crippen molar-refractivity contribution in [2.45, 2.75) is 51.5 Å². The van der Waals surface area contributed by atoms with Crippen molar-refractivity contribution >= 4 is 5.91 Å². The number of rotatable bonds is 6. The second-order valence-electron chi connectivity index (χ2n) is 4.36. The number of carbonyl (C=O) groups excluding carboxylic acids is 1. The number of carbonyl (C=O) groups is 1. The fourth-order valence-electron chi connectivity index (χ4n) is 1.84. The molecule has 1 rings (SSSR count). The summed E-state index contributed by atoms with van der Waals surface area (Å²) < 4.78 is 0. The molecule has 1 fully saturated rings. The first kappa shape index (κ1) is 11.5. The number of hydrogen-bond donors (Lipinski definition) is 2. The fourth-order valence-corrected chi connectivity index (χ4v) is 1.84. The van der Waals surface area contributed by atoms with E-state index in [0.29, 0.717) is 18.4 Å². The van der Waals surface area contributed by atoms with Crippen LogP contribution in [0.25, 0.3) is 0 Å². The third-order valence-electron chi connectivity index (χ3n) is 2.87. The summed E-state index contributed by atoms with van der Waals surface area (Å²) in [6, 6.07) is 0.386. The summed E-state index contributed by atoms with van der Waals surface area (Å²) in [5, 5.41) is 2.97. The lowest BCUT2D eigenvalue weighted by Crippen LogP contribution is -2.42. The van der Waals surface area contributed by atoms with E-state index in [4.69, 9.17) is 5.73 Å². The molecule has 1 amide bonds. The normalized spacial score (nSPS) is 25.6. The molecule has 3 N–H and O–H groups in total. The Morgan fingerprint density at radius 1 is 1.43 bits per heavy atom. The van der Waals surface area contributed by atoms with Gasteiger partial charge >= 0.3 is 0 Å². The topological polar surface area (TPSA) is 55.1 Å². The standard InChI is InChI=1S/C11H22N2O/c1-2-3-4-5-11(14)13-8-9-6-10(12)7-9/h9-10H,2-8,12H2,1H3,(H,13,14). The smallest absolute Gasteiger partial charge is 0.220 e. The highest BCUT2D eigenvalue weighted by Crippen LogP contribution is 2.24. The van der Waals surface area contributed by atoms with Crippen molar-refractivity contribution in [2.24, 2.45) is 11.7 Å². The van der Waals surface area contributed by atoms with E-state index in [1.165, 1.54) is 6.42 Å². The van der Waals surface area contributed by atoms with E-state index in [1.807, 2.05) is 0 Å². The molecule has 14 heavy (non-hydrogen) atoms. The van der Waals surface area contributed by atoms with Crippen molar-refractivity contribution in [3.05, 3.63) is 0 Å². The molecule has 0 heterocycles. The van der Waals surface area contributed by atoms with Gasteiger partial charge in [-0.1, -0.05) is 19.8 Å². The molecule has 0 aromatic rings. The van der Waals surface area contributed by atoms with E-state index in [9.17, 15) is 4.79 Å². The first-order valence-electron chi connectivity index (χ1n) is 5.74. The lowest BCUT2D eigenvalue weighted by molar-refractivity contribution is -0.121. The third kappa shape index (κ3) is 4.09. The number of nitrogens with one attached hydrogen (secondary N) is 1. The molecule has 0 aliphatic heterocycles. The van der Waals surface area contributed by atoms with E-state index in [1.54, 1.807) is 0 Å². The van der Waals surface area contributed by atoms with Crippen molar-refractivity contribution < 1.29 is 4.79 Å². The van der Waals surface area contributed by atoms with Crippen LogP contribution in [0.15, 0.2) is 0 Å². The summed E-state index contributed by atoms with van der Waals surface area (Å²) in [5.41, 5.74) is 5.66. The maximum Gasteiger partial charge on any atom is 0.220 e. The molecule has 3 heteroatoms. The molecule has 1 aliphatic carbocycles. The zero-order chi connectivity index (χ0) is 10.4. The molecule has 0 aromatic carbocycles. The zero-order valence-electron chi connectivity index (χ0n) is 9.09. The lowest BCUT2D eigenvalue weighted by Gasteiger charge is -2.32. The quantitative estimate of drug-likeness (QED) is 0.634. The van der Waals surface area contributed by atoms with Crippen molar-refractivity contribution in [3.8, 4) is 0 Å². The maximum atomic E-state index is 11.3. The highest BCUT2D eigenvalue weighted by molar-refractivity contribution is 5.75. The molecule has 0 saturated heterocycles. The van der Waals surface area contributed by atoms with Crippen molar-refractivity contribution in [3.63, 3.8) is 0 Å². The molecule has 1 saturated carbocycles. The Balaban J connectivity index is 1.93. The lowest BCUT2D eigenvalue weighted by atomic mass is 9.81. The van der Waals surface area contributed by atoms with Gasteiger partial charge in [-0.15, -0.1) is 0 Å². The number of unbranched alkanes of at least 4 members (excludes halogenated alkanes) is 2. The van der Waals surface area contributed by atoms with Gasteiger partial charge in [-0.25, -0.2) is 0 Å². The molecule has 0 unspecified atom stereocenters. The van der Waals surface area contributed by atoms with Gasteiger partial charge in [0.2, 0.25) is 5.91 Å². The maximum absolute atomic E-state index is 11.3. The molecular weight excluding hydrogens is 176 g/mol. The summed E-state index contributed by atoms with van der Waals surface area (Å²) in [7, 11) is 0. The molecule has 0 radical (unpaired) electrons. The number of hydrogen-bond acceptors (Lipinski definition) is 2. The number of amides is 1. The SMILES string of the molecule is CCCCCC(=O)NCC1CC(N)C1. The minimum Gasteiger partial charge on any atom is -0.356 e. The van der Waals surface area contributed by atoms with Crippen molar-refractivity contribution in [1.29, 1.82) is 0 Å². The molecule has 82 valence electrons. The summed E-state index contributed by atoms with van der Waals surface area (Å²) >= 11 is 0. The molecule has 0 aromatic heterocycles. The zero-order valence-corrected chi connectivity index (χ0v) is 9.09. The van der Waals surface area contributed by atoms with Gasteiger partial charge in [0.25, 0.3) is 0 Å². The highest BCUT2D eigenvalue weighted by atomic mass is 16.1. The first-order valence-corrected chi connectivity index (χ1v) is 5.74. The van der Waals surface area contributed by atoms with Gasteiger partial charge in [0.15, 0.2) is 0 Å². The Morgan fingerprint density at radius 3 is 2.71 bits per heavy atom. The van der Waals surface area contributed by atoms with Gasteiger partial charge in [0.05, 0.1) is 0 Å². The average Bonchev–Trinajstić information content (AvgIpc) is 2.11. The van der Waals surface area contributed by atoms with Crippen LogP contribution < -0.4 is 11.1 Å². The Morgan fingerprint density at radius 2 is 2.14 bits per heavy atom. The first-order chi connectivity index (χ1) is 6.72. The predicted molar refractivity (Wildman–Crippen MR) is 57.9 cm³/mol. The highest BCUT2D eigenvalue weighted by Gasteiger charge is 2.25. The summed E-state index contributed by atoms with van der Waals surface area (Å²) in [6.45, 7) is 2.98. The van der Waals surface area contributed by atoms with Crippen LogP contribution in [-0.2, 0) is 4.79 Å². The van der Waals surface area contributed by atoms with E-state index < -0.39 is 0 Å². The Labute approximate surface area is 86.4 Å². The van der Waals surface area contributed by atoms with Crippen LogP contribution >= 0.6 is 0 Å². The Bertz CT molecular complexity index is 176. The van der Waals surface area contributed by atoms with Crippen LogP contribution in [0.3, 0.4) is 0 Å². The number of nitrogens with two attached hydrogens (primary N) is 1. The molecular formula is C11H22N2O. The van der Waals surface area contributed by atoms with E-state index in [-0.39, 0.29) is 5.91 Å². The van der Waals surface area contributed by atoms with E-state index in [2.05, 4.69) is 12.2 Å². The Kier molecular flexibility index (Phi) is 4.94. The van der Waals surface area contributed by atoms with Crippen LogP contribution in [0.4, 0.5) is 0 Å². The van der Waals surface area contributed by atoms with Gasteiger partial charge in [-0.05, 0) is 25.2 Å². The second kappa shape index (κ2) is 6.02. The van der Waals surface area contributed by atoms with E-state index in [0.717, 1.165) is 32.2 Å². The summed E-state index contributed by atoms with van der Waals surface area (Å²) in [5.74, 6) is 0.846. The van der Waals surface area contributed by atoms with Gasteiger partial charge in [-0.3, -0.25) is 4.79 Å².